The molecule has 37 heavy (non-hydrogen) atoms. The van der Waals surface area contributed by atoms with Crippen LogP contribution in [0.4, 0.5) is 0 Å². The number of nitrogens with zero attached hydrogens (tertiary/aromatic N) is 5. The maximum absolute atomic E-state index is 11.3. The summed E-state index contributed by atoms with van der Waals surface area (Å²) in [7, 11) is 1.63. The first-order chi connectivity index (χ1) is 17.9. The van der Waals surface area contributed by atoms with E-state index in [1.807, 2.05) is 31.2 Å². The van der Waals surface area contributed by atoms with E-state index < -0.39 is 0 Å². The number of Topliss-reactive ketones (excluding diaryl/α,β-unsaturated/α-hetero) is 1. The highest BCUT2D eigenvalue weighted by atomic mass is 16.5. The van der Waals surface area contributed by atoms with Gasteiger partial charge < -0.3 is 14.2 Å². The first-order valence-electron chi connectivity index (χ1n) is 12.7. The number of methoxy groups -OCH3 is 1. The van der Waals surface area contributed by atoms with Crippen LogP contribution in [0.5, 0.6) is 17.4 Å². The van der Waals surface area contributed by atoms with E-state index >= 15 is 0 Å². The van der Waals surface area contributed by atoms with E-state index in [4.69, 9.17) is 14.2 Å². The number of fused-ring (bicyclic) bond motifs is 2. The Bertz CT molecular complexity index is 1340. The van der Waals surface area contributed by atoms with Crippen molar-refractivity contribution in [2.75, 3.05) is 53.0 Å². The second-order valence-electron chi connectivity index (χ2n) is 9.63. The van der Waals surface area contributed by atoms with E-state index in [9.17, 15) is 4.79 Å². The lowest BCUT2D eigenvalue weighted by Crippen LogP contribution is -2.48. The number of aliphatic imine (C=N–C) groups is 1. The second-order valence-corrected chi connectivity index (χ2v) is 9.63. The molecule has 0 spiro atoms. The van der Waals surface area contributed by atoms with E-state index in [0.717, 1.165) is 60.8 Å². The van der Waals surface area contributed by atoms with Crippen molar-refractivity contribution < 1.29 is 19.0 Å². The van der Waals surface area contributed by atoms with E-state index in [1.54, 1.807) is 14.0 Å². The normalized spacial score (nSPS) is 18.3. The van der Waals surface area contributed by atoms with Gasteiger partial charge in [-0.2, -0.15) is 0 Å². The molecule has 0 radical (unpaired) electrons. The summed E-state index contributed by atoms with van der Waals surface area (Å²) >= 11 is 0. The first kappa shape index (κ1) is 25.1. The van der Waals surface area contributed by atoms with Gasteiger partial charge in [0.05, 0.1) is 30.3 Å². The molecule has 0 atom stereocenters. The largest absolute Gasteiger partial charge is 0.493 e. The van der Waals surface area contributed by atoms with Crippen molar-refractivity contribution in [3.8, 4) is 17.4 Å². The van der Waals surface area contributed by atoms with Crippen LogP contribution < -0.4 is 14.2 Å². The summed E-state index contributed by atoms with van der Waals surface area (Å²) in [5.74, 6) is 2.75. The van der Waals surface area contributed by atoms with E-state index in [0.29, 0.717) is 37.0 Å². The topological polar surface area (TPSA) is 89.4 Å². The van der Waals surface area contributed by atoms with Crippen molar-refractivity contribution in [1.82, 2.24) is 19.8 Å². The van der Waals surface area contributed by atoms with Crippen molar-refractivity contribution in [1.29, 1.82) is 0 Å². The molecule has 0 amide bonds. The average Bonchev–Trinajstić information content (AvgIpc) is 3.17. The third-order valence-corrected chi connectivity index (χ3v) is 7.06. The van der Waals surface area contributed by atoms with Gasteiger partial charge in [-0.15, -0.1) is 0 Å². The maximum atomic E-state index is 11.3. The van der Waals surface area contributed by atoms with Gasteiger partial charge in [0.2, 0.25) is 5.88 Å². The molecule has 9 nitrogen and oxygen atoms in total. The molecule has 5 rings (SSSR count). The lowest BCUT2D eigenvalue weighted by molar-refractivity contribution is -0.118. The number of hydrogen-bond acceptors (Lipinski definition) is 9. The van der Waals surface area contributed by atoms with Crippen LogP contribution >= 0.6 is 0 Å². The van der Waals surface area contributed by atoms with Crippen molar-refractivity contribution >= 4 is 22.4 Å². The number of benzene rings is 1. The smallest absolute Gasteiger partial charge is 0.229 e. The molecule has 0 saturated carbocycles. The van der Waals surface area contributed by atoms with Gasteiger partial charge in [0.25, 0.3) is 0 Å². The molecule has 3 heterocycles. The zero-order chi connectivity index (χ0) is 25.9. The number of allylic oxidation sites excluding steroid dienone is 5. The Morgan fingerprint density at radius 2 is 1.81 bits per heavy atom. The summed E-state index contributed by atoms with van der Waals surface area (Å²) in [6.07, 6.45) is 6.13. The minimum Gasteiger partial charge on any atom is -0.493 e. The van der Waals surface area contributed by atoms with Crippen LogP contribution in [-0.2, 0) is 4.79 Å². The Labute approximate surface area is 217 Å². The minimum atomic E-state index is 0.213. The van der Waals surface area contributed by atoms with Gasteiger partial charge in [0.15, 0.2) is 11.5 Å². The van der Waals surface area contributed by atoms with Crippen LogP contribution in [0.1, 0.15) is 27.2 Å². The number of ether oxygens (including phenoxy) is 3. The Morgan fingerprint density at radius 1 is 1.03 bits per heavy atom. The molecule has 1 aromatic heterocycles. The van der Waals surface area contributed by atoms with Crippen molar-refractivity contribution in [3.05, 3.63) is 53.2 Å². The molecule has 1 aliphatic carbocycles. The Kier molecular flexibility index (Phi) is 7.34. The average molecular weight is 504 g/mol. The third kappa shape index (κ3) is 5.57. The molecular formula is C28H33N5O4. The second kappa shape index (κ2) is 10.8. The van der Waals surface area contributed by atoms with Crippen molar-refractivity contribution in [2.24, 2.45) is 4.99 Å². The molecule has 3 aliphatic rings. The molecule has 2 aromatic rings. The van der Waals surface area contributed by atoms with Crippen LogP contribution in [0, 0.1) is 0 Å². The summed E-state index contributed by atoms with van der Waals surface area (Å²) in [6, 6.07) is 3.75. The van der Waals surface area contributed by atoms with E-state index in [-0.39, 0.29) is 5.78 Å². The summed E-state index contributed by atoms with van der Waals surface area (Å²) < 4.78 is 18.0. The van der Waals surface area contributed by atoms with Crippen LogP contribution in [0.2, 0.25) is 0 Å². The monoisotopic (exact) mass is 503 g/mol. The molecule has 1 saturated heterocycles. The number of hydrogen-bond donors (Lipinski definition) is 0. The molecule has 9 heteroatoms. The minimum absolute atomic E-state index is 0.213. The molecule has 194 valence electrons. The zero-order valence-electron chi connectivity index (χ0n) is 21.9. The fourth-order valence-corrected chi connectivity index (χ4v) is 4.87. The number of carbonyl (C=O) groups is 1. The van der Waals surface area contributed by atoms with Crippen molar-refractivity contribution in [2.45, 2.75) is 27.2 Å². The number of aromatic nitrogens is 2. The SMILES string of the molecule is COc1cc2c(OC3=CC=C4N=C(C)C(C)=C4C3)ncnc2cc1OCCN1CCN(CC(C)=O)CC1. The molecule has 0 N–H and O–H groups in total. The van der Waals surface area contributed by atoms with Gasteiger partial charge >= 0.3 is 0 Å². The zero-order valence-corrected chi connectivity index (χ0v) is 21.9. The summed E-state index contributed by atoms with van der Waals surface area (Å²) in [5.41, 5.74) is 5.19. The van der Waals surface area contributed by atoms with Crippen LogP contribution in [0.3, 0.4) is 0 Å². The van der Waals surface area contributed by atoms with Gasteiger partial charge in [0.1, 0.15) is 24.5 Å². The molecule has 1 fully saturated rings. The number of ketones is 1. The highest BCUT2D eigenvalue weighted by molar-refractivity contribution is 6.03. The van der Waals surface area contributed by atoms with Gasteiger partial charge in [-0.1, -0.05) is 0 Å². The van der Waals surface area contributed by atoms with Crippen LogP contribution in [0.25, 0.3) is 10.9 Å². The number of piperazine rings is 1. The quantitative estimate of drug-likeness (QED) is 0.513. The summed E-state index contributed by atoms with van der Waals surface area (Å²) in [6.45, 7) is 11.3. The lowest BCUT2D eigenvalue weighted by Gasteiger charge is -2.34. The number of carbonyl (C=O) groups excluding carboxylic acids is 1. The Balaban J connectivity index is 1.25. The lowest BCUT2D eigenvalue weighted by atomic mass is 9.99. The highest BCUT2D eigenvalue weighted by Gasteiger charge is 2.23. The summed E-state index contributed by atoms with van der Waals surface area (Å²) in [4.78, 5) is 29.4. The number of rotatable bonds is 9. The Hall–Kier alpha value is -3.56. The van der Waals surface area contributed by atoms with Gasteiger partial charge in [-0.3, -0.25) is 19.6 Å². The fraction of sp³-hybridized carbons (Fsp3) is 0.429. The van der Waals surface area contributed by atoms with Crippen molar-refractivity contribution in [3.63, 3.8) is 0 Å². The highest BCUT2D eigenvalue weighted by Crippen LogP contribution is 2.38. The Morgan fingerprint density at radius 3 is 2.57 bits per heavy atom. The predicted octanol–water partition coefficient (Wildman–Crippen LogP) is 3.57. The predicted molar refractivity (Wildman–Crippen MR) is 142 cm³/mol. The fourth-order valence-electron chi connectivity index (χ4n) is 4.87. The van der Waals surface area contributed by atoms with Gasteiger partial charge in [0, 0.05) is 50.9 Å². The maximum Gasteiger partial charge on any atom is 0.229 e. The molecular weight excluding hydrogens is 470 g/mol. The first-order valence-corrected chi connectivity index (χ1v) is 12.7. The third-order valence-electron chi connectivity index (χ3n) is 7.06. The molecule has 0 unspecified atom stereocenters. The van der Waals surface area contributed by atoms with Gasteiger partial charge in [-0.25, -0.2) is 9.97 Å². The molecule has 1 aromatic carbocycles. The summed E-state index contributed by atoms with van der Waals surface area (Å²) in [5, 5.41) is 0.758. The van der Waals surface area contributed by atoms with E-state index in [1.165, 1.54) is 17.5 Å². The van der Waals surface area contributed by atoms with E-state index in [2.05, 4.69) is 31.7 Å². The standard InChI is InChI=1S/C28H33N5O4/c1-18(34)16-33-9-7-32(8-10-33)11-12-36-27-15-25-23(14-26(27)35-4)28(30-17-29-25)37-21-5-6-24-22(13-21)19(2)20(3)31-24/h5-6,14-15,17H,7-13,16H2,1-4H3. The van der Waals surface area contributed by atoms with Crippen LogP contribution in [0.15, 0.2) is 58.2 Å². The molecule has 2 aliphatic heterocycles. The van der Waals surface area contributed by atoms with Gasteiger partial charge in [-0.05, 0) is 50.1 Å². The molecule has 0 bridgehead atoms. The van der Waals surface area contributed by atoms with Crippen LogP contribution in [-0.4, -0.2) is 84.2 Å².